The molecule has 0 aliphatic rings. The van der Waals surface area contributed by atoms with E-state index in [9.17, 15) is 9.59 Å². The number of aryl methyl sites for hydroxylation is 1. The minimum atomic E-state index is -0.436. The predicted octanol–water partition coefficient (Wildman–Crippen LogP) is 5.04. The Balaban J connectivity index is 1.65. The van der Waals surface area contributed by atoms with Gasteiger partial charge >= 0.3 is 5.63 Å². The Hall–Kier alpha value is -3.86. The first-order chi connectivity index (χ1) is 14.6. The number of ether oxygens (including phenoxy) is 2. The van der Waals surface area contributed by atoms with Crippen LogP contribution in [0.15, 0.2) is 82.0 Å². The van der Waals surface area contributed by atoms with Crippen molar-refractivity contribution in [2.45, 2.75) is 6.92 Å². The van der Waals surface area contributed by atoms with Crippen LogP contribution in [-0.4, -0.2) is 19.5 Å². The highest BCUT2D eigenvalue weighted by Crippen LogP contribution is 2.33. The molecular formula is C25H20O5. The van der Waals surface area contributed by atoms with Crippen molar-refractivity contribution in [3.63, 3.8) is 0 Å². The Labute approximate surface area is 173 Å². The number of hydrogen-bond acceptors (Lipinski definition) is 5. The molecule has 0 saturated heterocycles. The minimum Gasteiger partial charge on any atom is -0.497 e. The van der Waals surface area contributed by atoms with Gasteiger partial charge in [-0.2, -0.15) is 0 Å². The maximum Gasteiger partial charge on any atom is 0.336 e. The van der Waals surface area contributed by atoms with Crippen molar-refractivity contribution < 1.29 is 18.7 Å². The largest absolute Gasteiger partial charge is 0.497 e. The molecular weight excluding hydrogens is 380 g/mol. The highest BCUT2D eigenvalue weighted by molar-refractivity contribution is 5.98. The maximum absolute atomic E-state index is 12.5. The second kappa shape index (κ2) is 8.25. The molecule has 1 heterocycles. The summed E-state index contributed by atoms with van der Waals surface area (Å²) >= 11 is 0. The molecule has 4 aromatic rings. The average Bonchev–Trinajstić information content (AvgIpc) is 2.79. The molecule has 30 heavy (non-hydrogen) atoms. The van der Waals surface area contributed by atoms with Crippen molar-refractivity contribution in [1.29, 1.82) is 0 Å². The van der Waals surface area contributed by atoms with Crippen molar-refractivity contribution in [1.82, 2.24) is 0 Å². The second-order valence-corrected chi connectivity index (χ2v) is 6.85. The van der Waals surface area contributed by atoms with Crippen LogP contribution in [0, 0.1) is 6.92 Å². The summed E-state index contributed by atoms with van der Waals surface area (Å²) < 4.78 is 16.4. The Bertz CT molecular complexity index is 1270. The van der Waals surface area contributed by atoms with E-state index in [1.807, 2.05) is 43.3 Å². The molecule has 0 aliphatic carbocycles. The number of hydrogen-bond donors (Lipinski definition) is 0. The van der Waals surface area contributed by atoms with Gasteiger partial charge in [-0.25, -0.2) is 4.79 Å². The molecule has 0 fully saturated rings. The molecule has 150 valence electrons. The van der Waals surface area contributed by atoms with Crippen molar-refractivity contribution >= 4 is 16.8 Å². The topological polar surface area (TPSA) is 65.7 Å². The van der Waals surface area contributed by atoms with Gasteiger partial charge in [0.25, 0.3) is 0 Å². The number of carbonyl (C=O) groups is 1. The van der Waals surface area contributed by atoms with Gasteiger partial charge in [0.15, 0.2) is 12.4 Å². The summed E-state index contributed by atoms with van der Waals surface area (Å²) in [6, 6.07) is 21.7. The normalized spacial score (nSPS) is 10.7. The SMILES string of the molecule is COc1cccc(C(=O)COc2ccc3c(-c4ccccc4)cc(=O)oc3c2C)c1. The van der Waals surface area contributed by atoms with Crippen LogP contribution < -0.4 is 15.1 Å². The van der Waals surface area contributed by atoms with Gasteiger partial charge in [0.05, 0.1) is 7.11 Å². The lowest BCUT2D eigenvalue weighted by atomic mass is 10.0. The Kier molecular flexibility index (Phi) is 5.35. The summed E-state index contributed by atoms with van der Waals surface area (Å²) in [5.41, 5.74) is 2.91. The number of Topliss-reactive ketones (excluding diaryl/α,β-unsaturated/α-hetero) is 1. The van der Waals surface area contributed by atoms with Crippen LogP contribution in [0.5, 0.6) is 11.5 Å². The molecule has 0 radical (unpaired) electrons. The summed E-state index contributed by atoms with van der Waals surface area (Å²) in [5.74, 6) is 0.929. The zero-order chi connectivity index (χ0) is 21.1. The molecule has 0 saturated carbocycles. The van der Waals surface area contributed by atoms with Crippen LogP contribution in [0.4, 0.5) is 0 Å². The fourth-order valence-corrected chi connectivity index (χ4v) is 3.38. The average molecular weight is 400 g/mol. The molecule has 5 nitrogen and oxygen atoms in total. The van der Waals surface area contributed by atoms with Gasteiger partial charge in [0.2, 0.25) is 0 Å². The van der Waals surface area contributed by atoms with E-state index < -0.39 is 5.63 Å². The summed E-state index contributed by atoms with van der Waals surface area (Å²) in [6.07, 6.45) is 0. The summed E-state index contributed by atoms with van der Waals surface area (Å²) in [5, 5.41) is 0.810. The number of fused-ring (bicyclic) bond motifs is 1. The molecule has 0 atom stereocenters. The molecule has 0 spiro atoms. The van der Waals surface area contributed by atoms with Crippen LogP contribution in [0.25, 0.3) is 22.1 Å². The second-order valence-electron chi connectivity index (χ2n) is 6.85. The van der Waals surface area contributed by atoms with E-state index in [2.05, 4.69) is 0 Å². The quantitative estimate of drug-likeness (QED) is 0.335. The van der Waals surface area contributed by atoms with Crippen molar-refractivity contribution in [2.75, 3.05) is 13.7 Å². The zero-order valence-electron chi connectivity index (χ0n) is 16.7. The highest BCUT2D eigenvalue weighted by atomic mass is 16.5. The van der Waals surface area contributed by atoms with Gasteiger partial charge in [0, 0.05) is 22.6 Å². The fourth-order valence-electron chi connectivity index (χ4n) is 3.38. The lowest BCUT2D eigenvalue weighted by Gasteiger charge is -2.12. The number of carbonyl (C=O) groups excluding carboxylic acids is 1. The van der Waals surface area contributed by atoms with Crippen molar-refractivity contribution in [3.8, 4) is 22.6 Å². The Morgan fingerprint density at radius 3 is 2.53 bits per heavy atom. The molecule has 0 N–H and O–H groups in total. The third-order valence-corrected chi connectivity index (χ3v) is 4.95. The van der Waals surface area contributed by atoms with E-state index in [0.717, 1.165) is 16.5 Å². The monoisotopic (exact) mass is 400 g/mol. The number of benzene rings is 3. The lowest BCUT2D eigenvalue weighted by Crippen LogP contribution is -2.12. The van der Waals surface area contributed by atoms with Gasteiger partial charge in [0.1, 0.15) is 17.1 Å². The molecule has 0 amide bonds. The maximum atomic E-state index is 12.5. The van der Waals surface area contributed by atoms with E-state index in [-0.39, 0.29) is 12.4 Å². The van der Waals surface area contributed by atoms with E-state index in [0.29, 0.717) is 28.2 Å². The number of ketones is 1. The van der Waals surface area contributed by atoms with E-state index >= 15 is 0 Å². The van der Waals surface area contributed by atoms with Gasteiger partial charge in [-0.3, -0.25) is 4.79 Å². The number of rotatable bonds is 6. The fraction of sp³-hybridized carbons (Fsp3) is 0.120. The van der Waals surface area contributed by atoms with Crippen LogP contribution in [0.3, 0.4) is 0 Å². The molecule has 0 unspecified atom stereocenters. The van der Waals surface area contributed by atoms with E-state index in [1.165, 1.54) is 6.07 Å². The number of methoxy groups -OCH3 is 1. The third-order valence-electron chi connectivity index (χ3n) is 4.95. The summed E-state index contributed by atoms with van der Waals surface area (Å²) in [7, 11) is 1.55. The first-order valence-corrected chi connectivity index (χ1v) is 9.50. The summed E-state index contributed by atoms with van der Waals surface area (Å²) in [4.78, 5) is 24.7. The first kappa shape index (κ1) is 19.5. The van der Waals surface area contributed by atoms with Gasteiger partial charge in [-0.1, -0.05) is 42.5 Å². The standard InChI is InChI=1S/C25H20O5/c1-16-23(29-15-22(26)18-9-6-10-19(13-18)28-2)12-11-20-21(14-24(27)30-25(16)20)17-7-4-3-5-8-17/h3-14H,15H2,1-2H3. The molecule has 0 aliphatic heterocycles. The van der Waals surface area contributed by atoms with Crippen molar-refractivity contribution in [3.05, 3.63) is 94.3 Å². The highest BCUT2D eigenvalue weighted by Gasteiger charge is 2.15. The van der Waals surface area contributed by atoms with Gasteiger partial charge in [-0.15, -0.1) is 0 Å². The molecule has 0 bridgehead atoms. The van der Waals surface area contributed by atoms with Crippen LogP contribution >= 0.6 is 0 Å². The molecule has 5 heteroatoms. The van der Waals surface area contributed by atoms with Crippen LogP contribution in [-0.2, 0) is 0 Å². The lowest BCUT2D eigenvalue weighted by molar-refractivity contribution is 0.0920. The summed E-state index contributed by atoms with van der Waals surface area (Å²) in [6.45, 7) is 1.67. The smallest absolute Gasteiger partial charge is 0.336 e. The Morgan fingerprint density at radius 2 is 1.77 bits per heavy atom. The van der Waals surface area contributed by atoms with Gasteiger partial charge in [-0.05, 0) is 42.3 Å². The van der Waals surface area contributed by atoms with E-state index in [1.54, 1.807) is 37.4 Å². The van der Waals surface area contributed by atoms with Crippen LogP contribution in [0.2, 0.25) is 0 Å². The van der Waals surface area contributed by atoms with E-state index in [4.69, 9.17) is 13.9 Å². The predicted molar refractivity (Wildman–Crippen MR) is 115 cm³/mol. The zero-order valence-corrected chi connectivity index (χ0v) is 16.7. The Morgan fingerprint density at radius 1 is 0.967 bits per heavy atom. The molecule has 1 aromatic heterocycles. The molecule has 3 aromatic carbocycles. The third kappa shape index (κ3) is 3.82. The van der Waals surface area contributed by atoms with Gasteiger partial charge < -0.3 is 13.9 Å². The first-order valence-electron chi connectivity index (χ1n) is 9.50. The minimum absolute atomic E-state index is 0.137. The molecule has 4 rings (SSSR count). The van der Waals surface area contributed by atoms with Crippen LogP contribution in [0.1, 0.15) is 15.9 Å². The van der Waals surface area contributed by atoms with Crippen molar-refractivity contribution in [2.24, 2.45) is 0 Å².